The molecule has 0 saturated heterocycles. The van der Waals surface area contributed by atoms with Crippen molar-refractivity contribution in [3.63, 3.8) is 0 Å². The van der Waals surface area contributed by atoms with Crippen molar-refractivity contribution < 1.29 is 18.8 Å². The molecule has 0 saturated carbocycles. The minimum atomic E-state index is -0.0946. The molecule has 0 aliphatic heterocycles. The van der Waals surface area contributed by atoms with Crippen molar-refractivity contribution >= 4 is 5.91 Å². The van der Waals surface area contributed by atoms with E-state index >= 15 is 0 Å². The Morgan fingerprint density at radius 1 is 1.24 bits per heavy atom. The third kappa shape index (κ3) is 3.98. The standard InChI is InChI=1S/C15H18N2O4/c1-10-6-12(17-21-10)9-16-15(18)8-11-4-5-13(19-2)14(7-11)20-3/h4-7H,8-9H2,1-3H3,(H,16,18). The highest BCUT2D eigenvalue weighted by molar-refractivity contribution is 5.78. The van der Waals surface area contributed by atoms with E-state index in [4.69, 9.17) is 14.0 Å². The van der Waals surface area contributed by atoms with E-state index in [1.165, 1.54) is 0 Å². The van der Waals surface area contributed by atoms with Crippen molar-refractivity contribution in [2.45, 2.75) is 19.9 Å². The van der Waals surface area contributed by atoms with Crippen LogP contribution in [0.5, 0.6) is 11.5 Å². The summed E-state index contributed by atoms with van der Waals surface area (Å²) in [6.45, 7) is 2.16. The van der Waals surface area contributed by atoms with Crippen molar-refractivity contribution in [2.75, 3.05) is 14.2 Å². The minimum Gasteiger partial charge on any atom is -0.493 e. The molecule has 1 N–H and O–H groups in total. The number of aromatic nitrogens is 1. The Balaban J connectivity index is 1.93. The number of nitrogens with zero attached hydrogens (tertiary/aromatic N) is 1. The van der Waals surface area contributed by atoms with Crippen LogP contribution in [0.25, 0.3) is 0 Å². The number of rotatable bonds is 6. The third-order valence-electron chi connectivity index (χ3n) is 2.96. The Morgan fingerprint density at radius 2 is 2.00 bits per heavy atom. The van der Waals surface area contributed by atoms with Gasteiger partial charge in [0.1, 0.15) is 11.5 Å². The van der Waals surface area contributed by atoms with E-state index in [9.17, 15) is 4.79 Å². The molecule has 1 aromatic heterocycles. The summed E-state index contributed by atoms with van der Waals surface area (Å²) in [5.41, 5.74) is 1.55. The molecule has 0 bridgehead atoms. The van der Waals surface area contributed by atoms with Crippen molar-refractivity contribution in [3.8, 4) is 11.5 Å². The van der Waals surface area contributed by atoms with Gasteiger partial charge in [-0.1, -0.05) is 11.2 Å². The Labute approximate surface area is 123 Å². The number of hydrogen-bond donors (Lipinski definition) is 1. The Kier molecular flexibility index (Phi) is 4.81. The minimum absolute atomic E-state index is 0.0946. The van der Waals surface area contributed by atoms with Crippen LogP contribution in [0.3, 0.4) is 0 Å². The van der Waals surface area contributed by atoms with Gasteiger partial charge in [0.05, 0.1) is 27.2 Å². The zero-order valence-corrected chi connectivity index (χ0v) is 12.3. The third-order valence-corrected chi connectivity index (χ3v) is 2.96. The Hall–Kier alpha value is -2.50. The van der Waals surface area contributed by atoms with E-state index in [0.29, 0.717) is 23.7 Å². The van der Waals surface area contributed by atoms with Crippen LogP contribution in [-0.4, -0.2) is 25.3 Å². The first-order valence-corrected chi connectivity index (χ1v) is 6.52. The highest BCUT2D eigenvalue weighted by atomic mass is 16.5. The largest absolute Gasteiger partial charge is 0.493 e. The molecule has 1 heterocycles. The highest BCUT2D eigenvalue weighted by Crippen LogP contribution is 2.27. The molecular formula is C15H18N2O4. The second-order valence-corrected chi connectivity index (χ2v) is 4.57. The van der Waals surface area contributed by atoms with Crippen molar-refractivity contribution in [3.05, 3.63) is 41.3 Å². The SMILES string of the molecule is COc1ccc(CC(=O)NCc2cc(C)on2)cc1OC. The van der Waals surface area contributed by atoms with Crippen LogP contribution in [-0.2, 0) is 17.8 Å². The van der Waals surface area contributed by atoms with Gasteiger partial charge >= 0.3 is 0 Å². The number of amides is 1. The van der Waals surface area contributed by atoms with Gasteiger partial charge in [0, 0.05) is 6.07 Å². The number of hydrogen-bond acceptors (Lipinski definition) is 5. The maximum atomic E-state index is 11.9. The van der Waals surface area contributed by atoms with Crippen molar-refractivity contribution in [2.24, 2.45) is 0 Å². The molecular weight excluding hydrogens is 272 g/mol. The molecule has 6 heteroatoms. The van der Waals surface area contributed by atoms with Gasteiger partial charge in [-0.05, 0) is 24.6 Å². The van der Waals surface area contributed by atoms with Crippen LogP contribution >= 0.6 is 0 Å². The second kappa shape index (κ2) is 6.78. The number of nitrogens with one attached hydrogen (secondary N) is 1. The quantitative estimate of drug-likeness (QED) is 0.879. The van der Waals surface area contributed by atoms with Crippen molar-refractivity contribution in [1.82, 2.24) is 10.5 Å². The van der Waals surface area contributed by atoms with E-state index in [-0.39, 0.29) is 12.3 Å². The lowest BCUT2D eigenvalue weighted by molar-refractivity contribution is -0.120. The summed E-state index contributed by atoms with van der Waals surface area (Å²) in [5, 5.41) is 6.61. The van der Waals surface area contributed by atoms with Gasteiger partial charge in [-0.3, -0.25) is 4.79 Å². The van der Waals surface area contributed by atoms with Gasteiger partial charge in [0.2, 0.25) is 5.91 Å². The van der Waals surface area contributed by atoms with Crippen molar-refractivity contribution in [1.29, 1.82) is 0 Å². The molecule has 0 atom stereocenters. The molecule has 0 unspecified atom stereocenters. The first-order chi connectivity index (χ1) is 10.1. The van der Waals surface area contributed by atoms with Crippen LogP contribution < -0.4 is 14.8 Å². The average Bonchev–Trinajstić information content (AvgIpc) is 2.90. The molecule has 21 heavy (non-hydrogen) atoms. The summed E-state index contributed by atoms with van der Waals surface area (Å²) >= 11 is 0. The van der Waals surface area contributed by atoms with Crippen LogP contribution in [0, 0.1) is 6.92 Å². The highest BCUT2D eigenvalue weighted by Gasteiger charge is 2.09. The molecule has 2 aromatic rings. The van der Waals surface area contributed by atoms with Gasteiger partial charge < -0.3 is 19.3 Å². The summed E-state index contributed by atoms with van der Waals surface area (Å²) < 4.78 is 15.3. The Morgan fingerprint density at radius 3 is 2.62 bits per heavy atom. The smallest absolute Gasteiger partial charge is 0.224 e. The first-order valence-electron chi connectivity index (χ1n) is 6.52. The monoisotopic (exact) mass is 290 g/mol. The lowest BCUT2D eigenvalue weighted by Crippen LogP contribution is -2.24. The van der Waals surface area contributed by atoms with E-state index in [0.717, 1.165) is 11.3 Å². The number of aryl methyl sites for hydroxylation is 1. The number of ether oxygens (including phenoxy) is 2. The Bertz CT molecular complexity index is 622. The summed E-state index contributed by atoms with van der Waals surface area (Å²) in [4.78, 5) is 11.9. The molecule has 2 rings (SSSR count). The fraction of sp³-hybridized carbons (Fsp3) is 0.333. The molecule has 0 spiro atoms. The summed E-state index contributed by atoms with van der Waals surface area (Å²) in [6, 6.07) is 7.19. The number of benzene rings is 1. The van der Waals surface area contributed by atoms with E-state index in [1.54, 1.807) is 32.4 Å². The fourth-order valence-electron chi connectivity index (χ4n) is 1.93. The lowest BCUT2D eigenvalue weighted by Gasteiger charge is -2.09. The molecule has 0 aliphatic rings. The summed E-state index contributed by atoms with van der Waals surface area (Å²) in [5.74, 6) is 1.87. The van der Waals surface area contributed by atoms with Gasteiger partial charge in [-0.2, -0.15) is 0 Å². The fourth-order valence-corrected chi connectivity index (χ4v) is 1.93. The normalized spacial score (nSPS) is 10.2. The molecule has 0 fully saturated rings. The predicted octanol–water partition coefficient (Wildman–Crippen LogP) is 1.86. The van der Waals surface area contributed by atoms with E-state index < -0.39 is 0 Å². The number of carbonyl (C=O) groups excluding carboxylic acids is 1. The molecule has 0 aliphatic carbocycles. The van der Waals surface area contributed by atoms with Gasteiger partial charge in [-0.25, -0.2) is 0 Å². The lowest BCUT2D eigenvalue weighted by atomic mass is 10.1. The van der Waals surface area contributed by atoms with Crippen LogP contribution in [0.1, 0.15) is 17.0 Å². The summed E-state index contributed by atoms with van der Waals surface area (Å²) in [7, 11) is 3.14. The average molecular weight is 290 g/mol. The topological polar surface area (TPSA) is 73.6 Å². The molecule has 112 valence electrons. The molecule has 1 aromatic carbocycles. The predicted molar refractivity (Wildman–Crippen MR) is 76.3 cm³/mol. The second-order valence-electron chi connectivity index (χ2n) is 4.57. The molecule has 6 nitrogen and oxygen atoms in total. The molecule has 1 amide bonds. The maximum absolute atomic E-state index is 11.9. The first kappa shape index (κ1) is 14.9. The van der Waals surface area contributed by atoms with Gasteiger partial charge in [0.15, 0.2) is 11.5 Å². The van der Waals surface area contributed by atoms with Crippen LogP contribution in [0.2, 0.25) is 0 Å². The van der Waals surface area contributed by atoms with E-state index in [2.05, 4.69) is 10.5 Å². The molecule has 0 radical (unpaired) electrons. The number of carbonyl (C=O) groups is 1. The zero-order chi connectivity index (χ0) is 15.2. The maximum Gasteiger partial charge on any atom is 0.224 e. The summed E-state index contributed by atoms with van der Waals surface area (Å²) in [6.07, 6.45) is 0.261. The zero-order valence-electron chi connectivity index (χ0n) is 12.3. The van der Waals surface area contributed by atoms with E-state index in [1.807, 2.05) is 13.0 Å². The van der Waals surface area contributed by atoms with Gasteiger partial charge in [-0.15, -0.1) is 0 Å². The van der Waals surface area contributed by atoms with Crippen LogP contribution in [0.15, 0.2) is 28.8 Å². The number of methoxy groups -OCH3 is 2. The van der Waals surface area contributed by atoms with Crippen LogP contribution in [0.4, 0.5) is 0 Å². The van der Waals surface area contributed by atoms with Gasteiger partial charge in [0.25, 0.3) is 0 Å².